The smallest absolute Gasteiger partial charge is 0.417 e. The minimum atomic E-state index is -4.86. The average molecular weight is 626 g/mol. The van der Waals surface area contributed by atoms with Crippen molar-refractivity contribution in [2.45, 2.75) is 37.4 Å². The Morgan fingerprint density at radius 1 is 1.00 bits per heavy atom. The van der Waals surface area contributed by atoms with Crippen LogP contribution in [0.3, 0.4) is 0 Å². The van der Waals surface area contributed by atoms with E-state index in [9.17, 15) is 31.2 Å². The van der Waals surface area contributed by atoms with E-state index in [0.29, 0.717) is 21.7 Å². The van der Waals surface area contributed by atoms with Gasteiger partial charge in [0.15, 0.2) is 6.61 Å². The lowest BCUT2D eigenvalue weighted by Gasteiger charge is -2.24. The average Bonchev–Trinajstić information content (AvgIpc) is 2.90. The van der Waals surface area contributed by atoms with Gasteiger partial charge in [-0.15, -0.1) is 0 Å². The lowest BCUT2D eigenvalue weighted by atomic mass is 10.2. The van der Waals surface area contributed by atoms with Crippen molar-refractivity contribution in [3.8, 4) is 5.75 Å². The zero-order valence-corrected chi connectivity index (χ0v) is 24.3. The number of nitrogens with zero attached hydrogens (tertiary/aromatic N) is 2. The molecule has 0 aromatic heterocycles. The number of amides is 1. The standard InChI is InChI=1S/C28H27ClF3N3O6S/c1-27(2,3)41-26(37)18-40-21-12-9-19(10-13-21)16-33-34-25(36)17-35(42(38,39)22-7-5-4-6-8-22)20-11-14-24(29)23(15-20)28(30,31)32/h4-16H,17-18H2,1-3H3,(H,34,36)/b33-16+. The molecule has 3 aromatic carbocycles. The Labute approximate surface area is 245 Å². The fourth-order valence-corrected chi connectivity index (χ4v) is 5.09. The molecule has 1 N–H and O–H groups in total. The summed E-state index contributed by atoms with van der Waals surface area (Å²) in [5.74, 6) is -1.08. The van der Waals surface area contributed by atoms with Crippen LogP contribution in [0.5, 0.6) is 5.75 Å². The monoisotopic (exact) mass is 625 g/mol. The van der Waals surface area contributed by atoms with Crippen LogP contribution in [0.2, 0.25) is 5.02 Å². The van der Waals surface area contributed by atoms with Crippen LogP contribution >= 0.6 is 11.6 Å². The first-order valence-electron chi connectivity index (χ1n) is 12.3. The van der Waals surface area contributed by atoms with E-state index < -0.39 is 56.5 Å². The highest BCUT2D eigenvalue weighted by atomic mass is 35.5. The lowest BCUT2D eigenvalue weighted by Crippen LogP contribution is -2.39. The maximum absolute atomic E-state index is 13.5. The number of hydrogen-bond acceptors (Lipinski definition) is 7. The highest BCUT2D eigenvalue weighted by Crippen LogP contribution is 2.38. The van der Waals surface area contributed by atoms with E-state index in [0.717, 1.165) is 12.1 Å². The molecular weight excluding hydrogens is 599 g/mol. The summed E-state index contributed by atoms with van der Waals surface area (Å²) in [6, 6.07) is 15.8. The fourth-order valence-electron chi connectivity index (χ4n) is 3.43. The Hall–Kier alpha value is -4.10. The van der Waals surface area contributed by atoms with Gasteiger partial charge in [0.2, 0.25) is 0 Å². The molecule has 0 fully saturated rings. The van der Waals surface area contributed by atoms with Gasteiger partial charge < -0.3 is 9.47 Å². The van der Waals surface area contributed by atoms with Crippen molar-refractivity contribution in [3.63, 3.8) is 0 Å². The second-order valence-electron chi connectivity index (χ2n) is 9.72. The Balaban J connectivity index is 1.73. The lowest BCUT2D eigenvalue weighted by molar-refractivity contribution is -0.157. The van der Waals surface area contributed by atoms with Gasteiger partial charge in [-0.1, -0.05) is 29.8 Å². The summed E-state index contributed by atoms with van der Waals surface area (Å²) in [4.78, 5) is 24.2. The molecule has 0 unspecified atom stereocenters. The number of rotatable bonds is 10. The molecular formula is C28H27ClF3N3O6S. The van der Waals surface area contributed by atoms with Gasteiger partial charge in [0.1, 0.15) is 17.9 Å². The number of carbonyl (C=O) groups excluding carboxylic acids is 2. The predicted molar refractivity (Wildman–Crippen MR) is 151 cm³/mol. The van der Waals surface area contributed by atoms with E-state index in [-0.39, 0.29) is 11.5 Å². The number of halogens is 4. The summed E-state index contributed by atoms with van der Waals surface area (Å²) in [5.41, 5.74) is 0.365. The van der Waals surface area contributed by atoms with Gasteiger partial charge in [0, 0.05) is 0 Å². The minimum Gasteiger partial charge on any atom is -0.482 e. The number of carbonyl (C=O) groups is 2. The zero-order valence-electron chi connectivity index (χ0n) is 22.7. The summed E-state index contributed by atoms with van der Waals surface area (Å²) in [6.45, 7) is 4.03. The number of ether oxygens (including phenoxy) is 2. The molecule has 0 radical (unpaired) electrons. The summed E-state index contributed by atoms with van der Waals surface area (Å²) >= 11 is 5.70. The van der Waals surface area contributed by atoms with Crippen molar-refractivity contribution >= 4 is 45.4 Å². The molecule has 0 spiro atoms. The Kier molecular flexibility index (Phi) is 10.2. The quantitative estimate of drug-likeness (QED) is 0.183. The number of alkyl halides is 3. The molecule has 0 heterocycles. The van der Waals surface area contributed by atoms with Gasteiger partial charge in [-0.2, -0.15) is 18.3 Å². The van der Waals surface area contributed by atoms with Crippen molar-refractivity contribution in [3.05, 3.63) is 88.9 Å². The van der Waals surface area contributed by atoms with Gasteiger partial charge in [0.25, 0.3) is 15.9 Å². The first-order valence-corrected chi connectivity index (χ1v) is 14.1. The molecule has 0 aliphatic carbocycles. The molecule has 224 valence electrons. The molecule has 3 aromatic rings. The normalized spacial score (nSPS) is 12.2. The number of hydrazone groups is 1. The molecule has 42 heavy (non-hydrogen) atoms. The summed E-state index contributed by atoms with van der Waals surface area (Å²) < 4.78 is 78.2. The molecule has 0 atom stereocenters. The van der Waals surface area contributed by atoms with Crippen molar-refractivity contribution < 1.29 is 40.7 Å². The largest absolute Gasteiger partial charge is 0.482 e. The summed E-state index contributed by atoms with van der Waals surface area (Å²) in [6.07, 6.45) is -3.60. The van der Waals surface area contributed by atoms with Crippen molar-refractivity contribution in [1.29, 1.82) is 0 Å². The Bertz CT molecular complexity index is 1540. The van der Waals surface area contributed by atoms with E-state index in [4.69, 9.17) is 21.1 Å². The highest BCUT2D eigenvalue weighted by Gasteiger charge is 2.35. The fraction of sp³-hybridized carbons (Fsp3) is 0.250. The van der Waals surface area contributed by atoms with Crippen LogP contribution in [-0.4, -0.2) is 45.3 Å². The second kappa shape index (κ2) is 13.3. The van der Waals surface area contributed by atoms with Gasteiger partial charge >= 0.3 is 12.1 Å². The topological polar surface area (TPSA) is 114 Å². The Morgan fingerprint density at radius 2 is 1.64 bits per heavy atom. The maximum Gasteiger partial charge on any atom is 0.417 e. The summed E-state index contributed by atoms with van der Waals surface area (Å²) in [5, 5.41) is 3.17. The van der Waals surface area contributed by atoms with Crippen LogP contribution in [-0.2, 0) is 30.5 Å². The SMILES string of the molecule is CC(C)(C)OC(=O)COc1ccc(/C=N/NC(=O)CN(c2ccc(Cl)c(C(F)(F)F)c2)S(=O)(=O)c2ccccc2)cc1. The highest BCUT2D eigenvalue weighted by molar-refractivity contribution is 7.92. The van der Waals surface area contributed by atoms with Gasteiger partial charge in [-0.05, 0) is 80.9 Å². The zero-order chi connectivity index (χ0) is 31.1. The third kappa shape index (κ3) is 9.21. The van der Waals surface area contributed by atoms with E-state index in [2.05, 4.69) is 10.5 Å². The van der Waals surface area contributed by atoms with Crippen molar-refractivity contribution in [2.75, 3.05) is 17.5 Å². The van der Waals surface area contributed by atoms with Crippen LogP contribution in [0.15, 0.2) is 82.8 Å². The molecule has 1 amide bonds. The number of nitrogens with one attached hydrogen (secondary N) is 1. The first kappa shape index (κ1) is 32.4. The summed E-state index contributed by atoms with van der Waals surface area (Å²) in [7, 11) is -4.46. The van der Waals surface area contributed by atoms with Crippen LogP contribution < -0.4 is 14.5 Å². The number of esters is 1. The number of hydrogen-bond donors (Lipinski definition) is 1. The molecule has 3 rings (SSSR count). The molecule has 0 aliphatic rings. The molecule has 9 nitrogen and oxygen atoms in total. The van der Waals surface area contributed by atoms with Gasteiger partial charge in [0.05, 0.1) is 27.4 Å². The molecule has 0 aliphatic heterocycles. The molecule has 14 heteroatoms. The Morgan fingerprint density at radius 3 is 2.24 bits per heavy atom. The molecule has 0 bridgehead atoms. The van der Waals surface area contributed by atoms with Gasteiger partial charge in [-0.25, -0.2) is 18.6 Å². The second-order valence-corrected chi connectivity index (χ2v) is 12.0. The van der Waals surface area contributed by atoms with Crippen LogP contribution in [0.4, 0.5) is 18.9 Å². The third-order valence-electron chi connectivity index (χ3n) is 5.22. The van der Waals surface area contributed by atoms with E-state index in [1.54, 1.807) is 51.1 Å². The van der Waals surface area contributed by atoms with E-state index >= 15 is 0 Å². The van der Waals surface area contributed by atoms with E-state index in [1.165, 1.54) is 30.5 Å². The minimum absolute atomic E-state index is 0.237. The maximum atomic E-state index is 13.5. The van der Waals surface area contributed by atoms with Gasteiger partial charge in [-0.3, -0.25) is 9.10 Å². The first-order chi connectivity index (χ1) is 19.6. The number of benzene rings is 3. The van der Waals surface area contributed by atoms with Crippen molar-refractivity contribution in [1.82, 2.24) is 5.43 Å². The predicted octanol–water partition coefficient (Wildman–Crippen LogP) is 5.42. The van der Waals surface area contributed by atoms with Crippen molar-refractivity contribution in [2.24, 2.45) is 5.10 Å². The van der Waals surface area contributed by atoms with Crippen LogP contribution in [0, 0.1) is 0 Å². The van der Waals surface area contributed by atoms with Crippen LogP contribution in [0.1, 0.15) is 31.9 Å². The molecule has 0 saturated heterocycles. The number of anilines is 1. The molecule has 0 saturated carbocycles. The van der Waals surface area contributed by atoms with Crippen LogP contribution in [0.25, 0.3) is 0 Å². The third-order valence-corrected chi connectivity index (χ3v) is 7.34. The number of sulfonamides is 1. The van der Waals surface area contributed by atoms with E-state index in [1.807, 2.05) is 0 Å².